The molecule has 2 atom stereocenters. The third-order valence-electron chi connectivity index (χ3n) is 3.87. The van der Waals surface area contributed by atoms with Crippen molar-refractivity contribution in [2.75, 3.05) is 31.6 Å². The lowest BCUT2D eigenvalue weighted by Crippen LogP contribution is -2.46. The Morgan fingerprint density at radius 2 is 2.35 bits per heavy atom. The summed E-state index contributed by atoms with van der Waals surface area (Å²) >= 11 is 6.14. The first-order chi connectivity index (χ1) is 10.9. The number of rotatable bonds is 5. The van der Waals surface area contributed by atoms with Crippen LogP contribution in [-0.4, -0.2) is 59.7 Å². The maximum atomic E-state index is 12.1. The number of halogens is 1. The van der Waals surface area contributed by atoms with Crippen molar-refractivity contribution in [2.24, 2.45) is 5.92 Å². The minimum absolute atomic E-state index is 0.0110. The van der Waals surface area contributed by atoms with Crippen molar-refractivity contribution in [2.45, 2.75) is 19.4 Å². The molecule has 8 heteroatoms. The number of hydrogen-bond acceptors (Lipinski definition) is 4. The number of aromatic nitrogens is 1. The molecule has 0 saturated carbocycles. The first-order valence-electron chi connectivity index (χ1n) is 7.48. The zero-order valence-electron chi connectivity index (χ0n) is 13.2. The van der Waals surface area contributed by atoms with Gasteiger partial charge in [0, 0.05) is 38.9 Å². The molecule has 0 radical (unpaired) electrons. The highest BCUT2D eigenvalue weighted by Gasteiger charge is 2.27. The van der Waals surface area contributed by atoms with Crippen molar-refractivity contribution in [3.8, 4) is 0 Å². The maximum absolute atomic E-state index is 12.1. The molecule has 126 valence electrons. The number of amides is 2. The predicted octanol–water partition coefficient (Wildman–Crippen LogP) is 1.68. The van der Waals surface area contributed by atoms with Gasteiger partial charge in [0.2, 0.25) is 0 Å². The van der Waals surface area contributed by atoms with Gasteiger partial charge in [0.1, 0.15) is 5.82 Å². The lowest BCUT2D eigenvalue weighted by Gasteiger charge is -2.23. The van der Waals surface area contributed by atoms with E-state index in [2.05, 4.69) is 10.3 Å². The van der Waals surface area contributed by atoms with E-state index in [1.807, 2.05) is 4.90 Å². The summed E-state index contributed by atoms with van der Waals surface area (Å²) < 4.78 is 0. The fourth-order valence-corrected chi connectivity index (χ4v) is 2.78. The van der Waals surface area contributed by atoms with Crippen LogP contribution in [-0.2, 0) is 4.79 Å². The van der Waals surface area contributed by atoms with E-state index in [-0.39, 0.29) is 18.6 Å². The third kappa shape index (κ3) is 4.48. The van der Waals surface area contributed by atoms with E-state index in [0.717, 1.165) is 18.8 Å². The fraction of sp³-hybridized carbons (Fsp3) is 0.533. The van der Waals surface area contributed by atoms with Crippen molar-refractivity contribution >= 4 is 29.4 Å². The standard InChI is InChI=1S/C15H21ClN4O3/c1-10(14(21)22)8-19(2)15(23)18-11-5-7-20(9-11)13-12(16)4-3-6-17-13/h3-4,6,10-11H,5,7-9H2,1-2H3,(H,18,23)(H,21,22). The largest absolute Gasteiger partial charge is 0.481 e. The van der Waals surface area contributed by atoms with Crippen LogP contribution in [0.5, 0.6) is 0 Å². The van der Waals surface area contributed by atoms with Crippen LogP contribution in [0, 0.1) is 5.92 Å². The molecule has 0 aromatic carbocycles. The number of pyridine rings is 1. The van der Waals surface area contributed by atoms with Gasteiger partial charge in [-0.05, 0) is 18.6 Å². The second-order valence-electron chi connectivity index (χ2n) is 5.81. The van der Waals surface area contributed by atoms with Crippen LogP contribution < -0.4 is 10.2 Å². The Morgan fingerprint density at radius 1 is 1.61 bits per heavy atom. The van der Waals surface area contributed by atoms with Crippen LogP contribution in [0.1, 0.15) is 13.3 Å². The van der Waals surface area contributed by atoms with Gasteiger partial charge < -0.3 is 20.2 Å². The van der Waals surface area contributed by atoms with E-state index < -0.39 is 11.9 Å². The Bertz CT molecular complexity index is 584. The molecule has 2 N–H and O–H groups in total. The molecule has 0 spiro atoms. The van der Waals surface area contributed by atoms with Gasteiger partial charge in [0.25, 0.3) is 0 Å². The molecule has 1 aromatic heterocycles. The molecule has 2 rings (SSSR count). The average molecular weight is 341 g/mol. The van der Waals surface area contributed by atoms with Gasteiger partial charge in [-0.25, -0.2) is 9.78 Å². The van der Waals surface area contributed by atoms with E-state index >= 15 is 0 Å². The Labute approximate surface area is 140 Å². The number of hydrogen-bond donors (Lipinski definition) is 2. The summed E-state index contributed by atoms with van der Waals surface area (Å²) in [5.74, 6) is -0.793. The number of carboxylic acids is 1. The van der Waals surface area contributed by atoms with E-state index in [1.54, 1.807) is 32.3 Å². The minimum Gasteiger partial charge on any atom is -0.481 e. The average Bonchev–Trinajstić information content (AvgIpc) is 2.95. The Morgan fingerprint density at radius 3 is 3.00 bits per heavy atom. The van der Waals surface area contributed by atoms with Gasteiger partial charge in [-0.1, -0.05) is 18.5 Å². The lowest BCUT2D eigenvalue weighted by atomic mass is 10.2. The SMILES string of the molecule is CC(CN(C)C(=O)NC1CCN(c2ncccc2Cl)C1)C(=O)O. The van der Waals surface area contributed by atoms with Gasteiger partial charge >= 0.3 is 12.0 Å². The number of aliphatic carboxylic acids is 1. The molecule has 2 amide bonds. The smallest absolute Gasteiger partial charge is 0.317 e. The molecular weight excluding hydrogens is 320 g/mol. The molecule has 7 nitrogen and oxygen atoms in total. The van der Waals surface area contributed by atoms with Crippen LogP contribution in [0.25, 0.3) is 0 Å². The molecule has 2 heterocycles. The summed E-state index contributed by atoms with van der Waals surface area (Å²) in [6.07, 6.45) is 2.48. The van der Waals surface area contributed by atoms with Crippen molar-refractivity contribution in [3.05, 3.63) is 23.4 Å². The summed E-state index contributed by atoms with van der Waals surface area (Å²) in [4.78, 5) is 30.7. The van der Waals surface area contributed by atoms with Crippen LogP contribution in [0.2, 0.25) is 5.02 Å². The molecule has 1 aliphatic rings. The van der Waals surface area contributed by atoms with E-state index in [1.165, 1.54) is 4.90 Å². The number of carboxylic acid groups (broad SMARTS) is 1. The highest BCUT2D eigenvalue weighted by atomic mass is 35.5. The molecule has 1 fully saturated rings. The van der Waals surface area contributed by atoms with Crippen molar-refractivity contribution in [1.82, 2.24) is 15.2 Å². The monoisotopic (exact) mass is 340 g/mol. The summed E-state index contributed by atoms with van der Waals surface area (Å²) in [5.41, 5.74) is 0. The number of nitrogens with one attached hydrogen (secondary N) is 1. The van der Waals surface area contributed by atoms with Crippen molar-refractivity contribution in [3.63, 3.8) is 0 Å². The van der Waals surface area contributed by atoms with Gasteiger partial charge in [-0.15, -0.1) is 0 Å². The summed E-state index contributed by atoms with van der Waals surface area (Å²) in [7, 11) is 1.59. The Hall–Kier alpha value is -2.02. The number of carbonyl (C=O) groups is 2. The van der Waals surface area contributed by atoms with Crippen LogP contribution >= 0.6 is 11.6 Å². The molecular formula is C15H21ClN4O3. The van der Waals surface area contributed by atoms with E-state index in [0.29, 0.717) is 11.6 Å². The molecule has 0 aliphatic carbocycles. The van der Waals surface area contributed by atoms with Crippen molar-refractivity contribution < 1.29 is 14.7 Å². The van der Waals surface area contributed by atoms with Gasteiger partial charge in [-0.3, -0.25) is 4.79 Å². The highest BCUT2D eigenvalue weighted by Crippen LogP contribution is 2.25. The molecule has 1 aliphatic heterocycles. The summed E-state index contributed by atoms with van der Waals surface area (Å²) in [6, 6.07) is 3.29. The summed E-state index contributed by atoms with van der Waals surface area (Å²) in [6.45, 7) is 3.14. The van der Waals surface area contributed by atoms with Crippen LogP contribution in [0.4, 0.5) is 10.6 Å². The number of carbonyl (C=O) groups excluding carboxylic acids is 1. The van der Waals surface area contributed by atoms with Gasteiger partial charge in [0.15, 0.2) is 0 Å². The minimum atomic E-state index is -0.915. The maximum Gasteiger partial charge on any atom is 0.317 e. The van der Waals surface area contributed by atoms with E-state index in [9.17, 15) is 9.59 Å². The van der Waals surface area contributed by atoms with Gasteiger partial charge in [-0.2, -0.15) is 0 Å². The molecule has 2 unspecified atom stereocenters. The van der Waals surface area contributed by atoms with E-state index in [4.69, 9.17) is 16.7 Å². The molecule has 1 aromatic rings. The first kappa shape index (κ1) is 17.3. The number of nitrogens with zero attached hydrogens (tertiary/aromatic N) is 3. The molecule has 23 heavy (non-hydrogen) atoms. The van der Waals surface area contributed by atoms with Gasteiger partial charge in [0.05, 0.1) is 10.9 Å². The zero-order chi connectivity index (χ0) is 17.0. The topological polar surface area (TPSA) is 85.8 Å². The normalized spacial score (nSPS) is 18.6. The number of anilines is 1. The second kappa shape index (κ2) is 7.50. The fourth-order valence-electron chi connectivity index (χ4n) is 2.54. The predicted molar refractivity (Wildman–Crippen MR) is 87.8 cm³/mol. The van der Waals surface area contributed by atoms with Crippen LogP contribution in [0.15, 0.2) is 18.3 Å². The van der Waals surface area contributed by atoms with Crippen molar-refractivity contribution in [1.29, 1.82) is 0 Å². The Kier molecular flexibility index (Phi) is 5.65. The highest BCUT2D eigenvalue weighted by molar-refractivity contribution is 6.32. The molecule has 1 saturated heterocycles. The first-order valence-corrected chi connectivity index (χ1v) is 7.86. The third-order valence-corrected chi connectivity index (χ3v) is 4.17. The van der Waals surface area contributed by atoms with Crippen LogP contribution in [0.3, 0.4) is 0 Å². The number of urea groups is 1. The Balaban J connectivity index is 1.87. The second-order valence-corrected chi connectivity index (χ2v) is 6.22. The lowest BCUT2D eigenvalue weighted by molar-refractivity contribution is -0.141. The summed E-state index contributed by atoms with van der Waals surface area (Å²) in [5, 5.41) is 12.4. The molecule has 0 bridgehead atoms. The quantitative estimate of drug-likeness (QED) is 0.851. The zero-order valence-corrected chi connectivity index (χ0v) is 14.0.